The summed E-state index contributed by atoms with van der Waals surface area (Å²) in [5.74, 6) is -1.33. The third-order valence-electron chi connectivity index (χ3n) is 2.81. The first-order chi connectivity index (χ1) is 11.0. The van der Waals surface area contributed by atoms with Gasteiger partial charge in [0.1, 0.15) is 5.82 Å². The summed E-state index contributed by atoms with van der Waals surface area (Å²) in [5, 5.41) is 0.209. The van der Waals surface area contributed by atoms with E-state index in [-0.39, 0.29) is 34.4 Å². The normalized spacial score (nSPS) is 10.3. The number of nitrogens with one attached hydrogen (secondary N) is 1. The molecule has 6 nitrogen and oxygen atoms in total. The van der Waals surface area contributed by atoms with Gasteiger partial charge in [-0.15, -0.1) is 0 Å². The van der Waals surface area contributed by atoms with Gasteiger partial charge >= 0.3 is 5.97 Å². The van der Waals surface area contributed by atoms with Crippen molar-refractivity contribution in [3.8, 4) is 0 Å². The number of rotatable bonds is 6. The number of esters is 1. The summed E-state index contributed by atoms with van der Waals surface area (Å²) >= 11 is 1.00. The van der Waals surface area contributed by atoms with Crippen molar-refractivity contribution < 1.29 is 18.7 Å². The minimum Gasteiger partial charge on any atom is -0.469 e. The summed E-state index contributed by atoms with van der Waals surface area (Å²) in [7, 11) is 1.24. The van der Waals surface area contributed by atoms with E-state index in [0.29, 0.717) is 0 Å². The van der Waals surface area contributed by atoms with Crippen LogP contribution in [0.15, 0.2) is 40.3 Å². The minimum atomic E-state index is -0.519. The molecule has 2 aromatic rings. The van der Waals surface area contributed by atoms with Crippen LogP contribution in [-0.4, -0.2) is 34.6 Å². The maximum Gasteiger partial charge on any atom is 0.311 e. The molecule has 0 radical (unpaired) electrons. The number of carbonyl (C=O) groups is 2. The van der Waals surface area contributed by atoms with E-state index in [9.17, 15) is 18.8 Å². The number of H-pyrrole nitrogens is 1. The number of methoxy groups -OCH3 is 1. The number of aromatic nitrogens is 2. The van der Waals surface area contributed by atoms with E-state index in [1.54, 1.807) is 0 Å². The second kappa shape index (κ2) is 7.68. The summed E-state index contributed by atoms with van der Waals surface area (Å²) in [6.07, 6.45) is -0.133. The fraction of sp³-hybridized carbons (Fsp3) is 0.200. The van der Waals surface area contributed by atoms with Gasteiger partial charge in [0.15, 0.2) is 10.9 Å². The monoisotopic (exact) mass is 336 g/mol. The predicted molar refractivity (Wildman–Crippen MR) is 82.0 cm³/mol. The molecule has 0 amide bonds. The SMILES string of the molecule is COC(=O)Cc1cc(=O)[nH]c(SCC(=O)c2cccc(F)c2)n1. The van der Waals surface area contributed by atoms with Crippen molar-refractivity contribution in [2.45, 2.75) is 11.6 Å². The van der Waals surface area contributed by atoms with Crippen LogP contribution in [-0.2, 0) is 16.0 Å². The van der Waals surface area contributed by atoms with E-state index in [1.807, 2.05) is 0 Å². The van der Waals surface area contributed by atoms with Gasteiger partial charge in [0.2, 0.25) is 0 Å². The van der Waals surface area contributed by atoms with E-state index < -0.39 is 17.3 Å². The summed E-state index contributed by atoms with van der Waals surface area (Å²) < 4.78 is 17.6. The number of halogens is 1. The fourth-order valence-electron chi connectivity index (χ4n) is 1.74. The van der Waals surface area contributed by atoms with Crippen molar-refractivity contribution in [2.75, 3.05) is 12.9 Å². The molecule has 0 atom stereocenters. The Morgan fingerprint density at radius 3 is 2.83 bits per heavy atom. The number of hydrogen-bond acceptors (Lipinski definition) is 6. The van der Waals surface area contributed by atoms with E-state index >= 15 is 0 Å². The number of ether oxygens (including phenoxy) is 1. The largest absolute Gasteiger partial charge is 0.469 e. The molecule has 1 heterocycles. The summed E-state index contributed by atoms with van der Waals surface area (Å²) in [6.45, 7) is 0. The Morgan fingerprint density at radius 1 is 1.35 bits per heavy atom. The molecule has 1 aromatic heterocycles. The highest BCUT2D eigenvalue weighted by atomic mass is 32.2. The molecular weight excluding hydrogens is 323 g/mol. The molecule has 0 bridgehead atoms. The number of thioether (sulfide) groups is 1. The Labute approximate surface area is 135 Å². The second-order valence-corrected chi connectivity index (χ2v) is 5.48. The average Bonchev–Trinajstić information content (AvgIpc) is 2.52. The standard InChI is InChI=1S/C15H13FN2O4S/c1-22-14(21)7-11-6-13(20)18-15(17-11)23-8-12(19)9-3-2-4-10(16)5-9/h2-6H,7-8H2,1H3,(H,17,18,20). The number of hydrogen-bond donors (Lipinski definition) is 1. The van der Waals surface area contributed by atoms with Gasteiger partial charge in [-0.05, 0) is 12.1 Å². The van der Waals surface area contributed by atoms with Crippen LogP contribution < -0.4 is 5.56 Å². The molecule has 0 spiro atoms. The molecule has 23 heavy (non-hydrogen) atoms. The lowest BCUT2D eigenvalue weighted by Gasteiger charge is -2.04. The average molecular weight is 336 g/mol. The quantitative estimate of drug-likeness (QED) is 0.373. The van der Waals surface area contributed by atoms with Crippen molar-refractivity contribution in [3.05, 3.63) is 57.8 Å². The Morgan fingerprint density at radius 2 is 2.13 bits per heavy atom. The van der Waals surface area contributed by atoms with Crippen LogP contribution in [0.3, 0.4) is 0 Å². The number of ketones is 1. The van der Waals surface area contributed by atoms with Gasteiger partial charge in [-0.1, -0.05) is 23.9 Å². The van der Waals surface area contributed by atoms with Gasteiger partial charge in [0.05, 0.1) is 25.0 Å². The van der Waals surface area contributed by atoms with Crippen LogP contribution in [0.25, 0.3) is 0 Å². The first-order valence-electron chi connectivity index (χ1n) is 6.56. The molecule has 0 aliphatic heterocycles. The van der Waals surface area contributed by atoms with Gasteiger partial charge in [0, 0.05) is 11.6 Å². The zero-order chi connectivity index (χ0) is 16.8. The third-order valence-corrected chi connectivity index (χ3v) is 3.69. The highest BCUT2D eigenvalue weighted by Crippen LogP contribution is 2.15. The minimum absolute atomic E-state index is 0.0198. The maximum absolute atomic E-state index is 13.1. The van der Waals surface area contributed by atoms with Crippen molar-refractivity contribution >= 4 is 23.5 Å². The van der Waals surface area contributed by atoms with Crippen LogP contribution in [0, 0.1) is 5.82 Å². The third kappa shape index (κ3) is 5.03. The summed E-state index contributed by atoms with van der Waals surface area (Å²) in [5.41, 5.74) is 0.0616. The van der Waals surface area contributed by atoms with Gasteiger partial charge < -0.3 is 9.72 Å². The smallest absolute Gasteiger partial charge is 0.311 e. The molecule has 0 fully saturated rings. The molecule has 1 aromatic carbocycles. The number of aromatic amines is 1. The second-order valence-electron chi connectivity index (χ2n) is 4.52. The lowest BCUT2D eigenvalue weighted by atomic mass is 10.1. The van der Waals surface area contributed by atoms with Crippen LogP contribution in [0.2, 0.25) is 0 Å². The molecule has 0 aliphatic rings. The molecule has 0 saturated heterocycles. The number of carbonyl (C=O) groups excluding carboxylic acids is 2. The van der Waals surface area contributed by atoms with Crippen LogP contribution in [0.4, 0.5) is 4.39 Å². The number of benzene rings is 1. The van der Waals surface area contributed by atoms with Crippen molar-refractivity contribution in [2.24, 2.45) is 0 Å². The number of Topliss-reactive ketones (excluding diaryl/α,β-unsaturated/α-hetero) is 1. The Bertz CT molecular complexity index is 791. The van der Waals surface area contributed by atoms with Crippen LogP contribution in [0.5, 0.6) is 0 Å². The van der Waals surface area contributed by atoms with Crippen LogP contribution >= 0.6 is 11.8 Å². The lowest BCUT2D eigenvalue weighted by molar-refractivity contribution is -0.139. The molecular formula is C15H13FN2O4S. The first-order valence-corrected chi connectivity index (χ1v) is 7.55. The first kappa shape index (κ1) is 16.9. The molecule has 1 N–H and O–H groups in total. The van der Waals surface area contributed by atoms with E-state index in [4.69, 9.17) is 0 Å². The van der Waals surface area contributed by atoms with E-state index in [2.05, 4.69) is 14.7 Å². The van der Waals surface area contributed by atoms with Gasteiger partial charge in [0.25, 0.3) is 5.56 Å². The Hall–Kier alpha value is -2.48. The molecule has 2 rings (SSSR count). The van der Waals surface area contributed by atoms with E-state index in [1.165, 1.54) is 31.4 Å². The van der Waals surface area contributed by atoms with Crippen molar-refractivity contribution in [3.63, 3.8) is 0 Å². The van der Waals surface area contributed by atoms with E-state index in [0.717, 1.165) is 17.8 Å². The van der Waals surface area contributed by atoms with Gasteiger partial charge in [-0.2, -0.15) is 0 Å². The topological polar surface area (TPSA) is 89.1 Å². The van der Waals surface area contributed by atoms with Crippen molar-refractivity contribution in [1.29, 1.82) is 0 Å². The molecule has 120 valence electrons. The highest BCUT2D eigenvalue weighted by molar-refractivity contribution is 7.99. The molecule has 8 heteroatoms. The zero-order valence-corrected chi connectivity index (χ0v) is 13.0. The molecule has 0 unspecified atom stereocenters. The molecule has 0 saturated carbocycles. The van der Waals surface area contributed by atoms with Crippen LogP contribution in [0.1, 0.15) is 16.1 Å². The highest BCUT2D eigenvalue weighted by Gasteiger charge is 2.11. The summed E-state index contributed by atoms with van der Waals surface area (Å²) in [6, 6.07) is 6.54. The fourth-order valence-corrected chi connectivity index (χ4v) is 2.53. The maximum atomic E-state index is 13.1. The molecule has 0 aliphatic carbocycles. The zero-order valence-electron chi connectivity index (χ0n) is 12.2. The summed E-state index contributed by atoms with van der Waals surface area (Å²) in [4.78, 5) is 41.3. The van der Waals surface area contributed by atoms with Gasteiger partial charge in [-0.3, -0.25) is 14.4 Å². The predicted octanol–water partition coefficient (Wildman–Crippen LogP) is 1.60. The van der Waals surface area contributed by atoms with Gasteiger partial charge in [-0.25, -0.2) is 9.37 Å². The number of nitrogens with zero attached hydrogens (tertiary/aromatic N) is 1. The van der Waals surface area contributed by atoms with Crippen molar-refractivity contribution in [1.82, 2.24) is 9.97 Å². The Balaban J connectivity index is 2.07. The lowest BCUT2D eigenvalue weighted by Crippen LogP contribution is -2.14. The Kier molecular flexibility index (Phi) is 5.64.